The molecule has 1 aromatic carbocycles. The summed E-state index contributed by atoms with van der Waals surface area (Å²) in [4.78, 5) is 35.7. The van der Waals surface area contributed by atoms with E-state index in [1.54, 1.807) is 6.92 Å². The van der Waals surface area contributed by atoms with Crippen LogP contribution in [0.5, 0.6) is 0 Å². The third-order valence-electron chi connectivity index (χ3n) is 2.93. The van der Waals surface area contributed by atoms with E-state index in [1.165, 1.54) is 23.1 Å². The summed E-state index contributed by atoms with van der Waals surface area (Å²) in [5.74, 6) is -2.13. The molecule has 1 unspecified atom stereocenters. The zero-order valence-corrected chi connectivity index (χ0v) is 10.8. The number of piperazine rings is 1. The molecule has 0 saturated carbocycles. The number of nitrogens with one attached hydrogen (secondary N) is 1. The molecule has 2 rings (SSSR count). The molecule has 0 aromatic heterocycles. The van der Waals surface area contributed by atoms with Crippen molar-refractivity contribution in [2.75, 3.05) is 11.4 Å². The molecular formula is C12H11ClN2O4. The summed E-state index contributed by atoms with van der Waals surface area (Å²) >= 11 is 6.02. The molecule has 100 valence electrons. The quantitative estimate of drug-likeness (QED) is 0.787. The SMILES string of the molecule is CC1C(=O)NC(=O)CN1c1c(Cl)cccc1C(=O)O. The molecule has 1 fully saturated rings. The Bertz CT molecular complexity index is 573. The van der Waals surface area contributed by atoms with Crippen LogP contribution < -0.4 is 10.2 Å². The Hall–Kier alpha value is -2.08. The molecule has 0 aliphatic carbocycles. The van der Waals surface area contributed by atoms with Crippen molar-refractivity contribution in [3.8, 4) is 0 Å². The van der Waals surface area contributed by atoms with Gasteiger partial charge in [-0.25, -0.2) is 4.79 Å². The second-order valence-corrected chi connectivity index (χ2v) is 4.56. The fraction of sp³-hybridized carbons (Fsp3) is 0.250. The number of carboxylic acids is 1. The number of halogens is 1. The predicted molar refractivity (Wildman–Crippen MR) is 68.4 cm³/mol. The number of imide groups is 1. The highest BCUT2D eigenvalue weighted by atomic mass is 35.5. The summed E-state index contributed by atoms with van der Waals surface area (Å²) in [6.07, 6.45) is 0. The number of rotatable bonds is 2. The average Bonchev–Trinajstić information content (AvgIpc) is 2.33. The van der Waals surface area contributed by atoms with E-state index in [4.69, 9.17) is 16.7 Å². The summed E-state index contributed by atoms with van der Waals surface area (Å²) in [5.41, 5.74) is 0.147. The molecule has 0 radical (unpaired) electrons. The number of hydrogen-bond donors (Lipinski definition) is 2. The Labute approximate surface area is 114 Å². The molecule has 0 spiro atoms. The van der Waals surface area contributed by atoms with E-state index in [0.29, 0.717) is 0 Å². The molecule has 1 aliphatic heterocycles. The van der Waals surface area contributed by atoms with Crippen LogP contribution in [0.4, 0.5) is 5.69 Å². The fourth-order valence-corrected chi connectivity index (χ4v) is 2.25. The first-order valence-electron chi connectivity index (χ1n) is 5.54. The van der Waals surface area contributed by atoms with Crippen LogP contribution in [0.2, 0.25) is 5.02 Å². The first kappa shape index (κ1) is 13.4. The topological polar surface area (TPSA) is 86.7 Å². The molecule has 2 N–H and O–H groups in total. The van der Waals surface area contributed by atoms with E-state index in [2.05, 4.69) is 5.32 Å². The van der Waals surface area contributed by atoms with Gasteiger partial charge in [0.25, 0.3) is 0 Å². The van der Waals surface area contributed by atoms with Crippen molar-refractivity contribution in [2.24, 2.45) is 0 Å². The van der Waals surface area contributed by atoms with Gasteiger partial charge in [0.15, 0.2) is 0 Å². The van der Waals surface area contributed by atoms with Crippen LogP contribution in [-0.4, -0.2) is 35.5 Å². The smallest absolute Gasteiger partial charge is 0.337 e. The minimum Gasteiger partial charge on any atom is -0.478 e. The summed E-state index contributed by atoms with van der Waals surface area (Å²) < 4.78 is 0. The monoisotopic (exact) mass is 282 g/mol. The van der Waals surface area contributed by atoms with E-state index in [1.807, 2.05) is 0 Å². The van der Waals surface area contributed by atoms with Gasteiger partial charge < -0.3 is 10.0 Å². The Morgan fingerprint density at radius 1 is 1.47 bits per heavy atom. The van der Waals surface area contributed by atoms with Crippen molar-refractivity contribution < 1.29 is 19.5 Å². The summed E-state index contributed by atoms with van der Waals surface area (Å²) in [6.45, 7) is 1.47. The predicted octanol–water partition coefficient (Wildman–Crippen LogP) is 0.890. The minimum absolute atomic E-state index is 0.0400. The molecule has 7 heteroatoms. The van der Waals surface area contributed by atoms with Crippen LogP contribution in [0.25, 0.3) is 0 Å². The number of aromatic carboxylic acids is 1. The zero-order chi connectivity index (χ0) is 14.2. The zero-order valence-electron chi connectivity index (χ0n) is 10.0. The van der Waals surface area contributed by atoms with Crippen LogP contribution in [0, 0.1) is 0 Å². The van der Waals surface area contributed by atoms with Crippen LogP contribution in [0.15, 0.2) is 18.2 Å². The van der Waals surface area contributed by atoms with Crippen molar-refractivity contribution in [3.63, 3.8) is 0 Å². The van der Waals surface area contributed by atoms with E-state index in [0.717, 1.165) is 0 Å². The Balaban J connectivity index is 2.54. The van der Waals surface area contributed by atoms with Gasteiger partial charge in [0.1, 0.15) is 6.04 Å². The largest absolute Gasteiger partial charge is 0.478 e. The highest BCUT2D eigenvalue weighted by molar-refractivity contribution is 6.34. The Kier molecular flexibility index (Phi) is 3.44. The summed E-state index contributed by atoms with van der Waals surface area (Å²) in [5, 5.41) is 11.5. The first-order valence-corrected chi connectivity index (χ1v) is 5.91. The minimum atomic E-state index is -1.16. The molecule has 1 atom stereocenters. The molecule has 1 aliphatic rings. The fourth-order valence-electron chi connectivity index (χ4n) is 1.97. The van der Waals surface area contributed by atoms with Crippen molar-refractivity contribution in [3.05, 3.63) is 28.8 Å². The summed E-state index contributed by atoms with van der Waals surface area (Å²) in [6, 6.07) is 3.74. The maximum absolute atomic E-state index is 11.6. The van der Waals surface area contributed by atoms with E-state index in [9.17, 15) is 14.4 Å². The molecule has 6 nitrogen and oxygen atoms in total. The number of benzene rings is 1. The van der Waals surface area contributed by atoms with Gasteiger partial charge >= 0.3 is 5.97 Å². The number of nitrogens with zero attached hydrogens (tertiary/aromatic N) is 1. The van der Waals surface area contributed by atoms with E-state index >= 15 is 0 Å². The third-order valence-corrected chi connectivity index (χ3v) is 3.23. The lowest BCUT2D eigenvalue weighted by atomic mass is 10.1. The Morgan fingerprint density at radius 3 is 2.79 bits per heavy atom. The second-order valence-electron chi connectivity index (χ2n) is 4.16. The van der Waals surface area contributed by atoms with Crippen molar-refractivity contribution in [1.82, 2.24) is 5.32 Å². The van der Waals surface area contributed by atoms with Crippen LogP contribution in [0.3, 0.4) is 0 Å². The second kappa shape index (κ2) is 4.89. The third kappa shape index (κ3) is 2.39. The van der Waals surface area contributed by atoms with Gasteiger partial charge in [-0.05, 0) is 19.1 Å². The highest BCUT2D eigenvalue weighted by Gasteiger charge is 2.33. The first-order chi connectivity index (χ1) is 8.91. The van der Waals surface area contributed by atoms with Gasteiger partial charge in [-0.3, -0.25) is 14.9 Å². The lowest BCUT2D eigenvalue weighted by molar-refractivity contribution is -0.132. The molecular weight excluding hydrogens is 272 g/mol. The normalized spacial score (nSPS) is 19.3. The standard InChI is InChI=1S/C12H11ClN2O4/c1-6-11(17)14-9(16)5-15(6)10-7(12(18)19)3-2-4-8(10)13/h2-4,6H,5H2,1H3,(H,18,19)(H,14,16,17). The Morgan fingerprint density at radius 2 is 2.16 bits per heavy atom. The van der Waals surface area contributed by atoms with Gasteiger partial charge in [0.05, 0.1) is 22.8 Å². The van der Waals surface area contributed by atoms with Gasteiger partial charge in [0.2, 0.25) is 11.8 Å². The van der Waals surface area contributed by atoms with Crippen molar-refractivity contribution in [1.29, 1.82) is 0 Å². The van der Waals surface area contributed by atoms with Gasteiger partial charge in [0, 0.05) is 0 Å². The number of para-hydroxylation sites is 1. The van der Waals surface area contributed by atoms with Gasteiger partial charge in [-0.1, -0.05) is 17.7 Å². The van der Waals surface area contributed by atoms with Crippen molar-refractivity contribution in [2.45, 2.75) is 13.0 Å². The number of amides is 2. The van der Waals surface area contributed by atoms with E-state index in [-0.39, 0.29) is 22.8 Å². The molecule has 0 bridgehead atoms. The highest BCUT2D eigenvalue weighted by Crippen LogP contribution is 2.32. The summed E-state index contributed by atoms with van der Waals surface area (Å²) in [7, 11) is 0. The van der Waals surface area contributed by atoms with Crippen molar-refractivity contribution >= 4 is 35.1 Å². The lowest BCUT2D eigenvalue weighted by Crippen LogP contribution is -2.57. The number of carbonyl (C=O) groups excluding carboxylic acids is 2. The molecule has 1 heterocycles. The average molecular weight is 283 g/mol. The van der Waals surface area contributed by atoms with Crippen LogP contribution in [0.1, 0.15) is 17.3 Å². The van der Waals surface area contributed by atoms with Crippen LogP contribution in [-0.2, 0) is 9.59 Å². The number of hydrogen-bond acceptors (Lipinski definition) is 4. The van der Waals surface area contributed by atoms with Gasteiger partial charge in [-0.15, -0.1) is 0 Å². The van der Waals surface area contributed by atoms with Gasteiger partial charge in [-0.2, -0.15) is 0 Å². The van der Waals surface area contributed by atoms with E-state index < -0.39 is 23.8 Å². The molecule has 1 saturated heterocycles. The lowest BCUT2D eigenvalue weighted by Gasteiger charge is -2.34. The van der Waals surface area contributed by atoms with Crippen LogP contribution >= 0.6 is 11.6 Å². The number of carbonyl (C=O) groups is 3. The molecule has 19 heavy (non-hydrogen) atoms. The molecule has 1 aromatic rings. The number of carboxylic acid groups (broad SMARTS) is 1. The maximum Gasteiger partial charge on any atom is 0.337 e. The number of anilines is 1. The molecule has 2 amide bonds. The maximum atomic E-state index is 11.6.